The van der Waals surface area contributed by atoms with E-state index in [0.717, 1.165) is 58.9 Å². The van der Waals surface area contributed by atoms with E-state index in [0.29, 0.717) is 4.90 Å². The van der Waals surface area contributed by atoms with Gasteiger partial charge in [0.05, 0.1) is 12.5 Å². The van der Waals surface area contributed by atoms with E-state index in [9.17, 15) is 38.4 Å². The van der Waals surface area contributed by atoms with Crippen LogP contribution < -0.4 is 5.32 Å². The molecule has 1 aromatic carbocycles. The zero-order valence-corrected chi connectivity index (χ0v) is 32.8. The van der Waals surface area contributed by atoms with Crippen molar-refractivity contribution in [2.24, 2.45) is 0 Å². The van der Waals surface area contributed by atoms with E-state index in [2.05, 4.69) is 5.32 Å². The molecule has 1 aromatic rings. The second-order valence-corrected chi connectivity index (χ2v) is 14.4. The monoisotopic (exact) mass is 811 g/mol. The van der Waals surface area contributed by atoms with Crippen LogP contribution in [0.2, 0.25) is 0 Å². The van der Waals surface area contributed by atoms with Gasteiger partial charge in [0.2, 0.25) is 5.91 Å². The molecular formula is C36H45NO18S. The van der Waals surface area contributed by atoms with Gasteiger partial charge in [0, 0.05) is 53.4 Å². The fraction of sp³-hybridized carbons (Fsp3) is 0.611. The summed E-state index contributed by atoms with van der Waals surface area (Å²) >= 11 is 1.14. The molecule has 3 aliphatic rings. The Morgan fingerprint density at radius 3 is 1.98 bits per heavy atom. The third-order valence-corrected chi connectivity index (χ3v) is 9.65. The van der Waals surface area contributed by atoms with Gasteiger partial charge in [-0.3, -0.25) is 33.6 Å². The summed E-state index contributed by atoms with van der Waals surface area (Å²) in [5, 5.41) is 2.59. The van der Waals surface area contributed by atoms with E-state index in [1.807, 2.05) is 19.1 Å². The molecule has 0 unspecified atom stereocenters. The molecule has 3 saturated heterocycles. The summed E-state index contributed by atoms with van der Waals surface area (Å²) < 4.78 is 57.9. The molecule has 3 aliphatic heterocycles. The van der Waals surface area contributed by atoms with Crippen LogP contribution in [0.15, 0.2) is 29.2 Å². The lowest BCUT2D eigenvalue weighted by atomic mass is 9.87. The maximum atomic E-state index is 14.4. The van der Waals surface area contributed by atoms with Gasteiger partial charge >= 0.3 is 41.8 Å². The number of nitrogens with one attached hydrogen (secondary N) is 1. The molecule has 0 saturated carbocycles. The van der Waals surface area contributed by atoms with Crippen LogP contribution in [0.5, 0.6) is 0 Å². The molecule has 1 amide bonds. The molecule has 0 aliphatic carbocycles. The highest BCUT2D eigenvalue weighted by atomic mass is 32.2. The average molecular weight is 812 g/mol. The van der Waals surface area contributed by atoms with Crippen molar-refractivity contribution in [3.8, 4) is 0 Å². The Balaban J connectivity index is 1.88. The predicted octanol–water partition coefficient (Wildman–Crippen LogP) is 0.966. The van der Waals surface area contributed by atoms with Gasteiger partial charge in [-0.05, 0) is 19.1 Å². The average Bonchev–Trinajstić information content (AvgIpc) is 3.08. The predicted molar refractivity (Wildman–Crippen MR) is 186 cm³/mol. The molecule has 0 radical (unpaired) electrons. The molecule has 56 heavy (non-hydrogen) atoms. The molecule has 4 rings (SSSR count). The first-order chi connectivity index (χ1) is 26.3. The normalized spacial score (nSPS) is 29.2. The highest BCUT2D eigenvalue weighted by molar-refractivity contribution is 7.99. The van der Waals surface area contributed by atoms with E-state index in [4.69, 9.17) is 47.4 Å². The second-order valence-electron chi connectivity index (χ2n) is 13.2. The molecule has 1 N–H and O–H groups in total. The largest absolute Gasteiger partial charge is 0.463 e. The summed E-state index contributed by atoms with van der Waals surface area (Å²) in [5.41, 5.74) is -0.0911. The number of rotatable bonds is 13. The van der Waals surface area contributed by atoms with Crippen LogP contribution >= 0.6 is 11.8 Å². The minimum absolute atomic E-state index is 0.426. The Bertz CT molecular complexity index is 1670. The van der Waals surface area contributed by atoms with Crippen LogP contribution in [0.3, 0.4) is 0 Å². The number of hydrogen-bond acceptors (Lipinski definition) is 19. The van der Waals surface area contributed by atoms with Crippen LogP contribution in [0.4, 0.5) is 0 Å². The molecule has 0 bridgehead atoms. The van der Waals surface area contributed by atoms with Gasteiger partial charge < -0.3 is 52.7 Å². The van der Waals surface area contributed by atoms with Crippen LogP contribution in [0.25, 0.3) is 0 Å². The van der Waals surface area contributed by atoms with Crippen LogP contribution in [-0.2, 0) is 85.7 Å². The Labute approximate surface area is 325 Å². The van der Waals surface area contributed by atoms with Gasteiger partial charge in [-0.1, -0.05) is 29.5 Å². The lowest BCUT2D eigenvalue weighted by molar-refractivity contribution is -0.375. The molecule has 1 spiro atoms. The summed E-state index contributed by atoms with van der Waals surface area (Å²) in [6.07, 6.45) is -12.7. The van der Waals surface area contributed by atoms with Crippen LogP contribution in [0.1, 0.15) is 60.5 Å². The second kappa shape index (κ2) is 18.9. The molecule has 3 heterocycles. The summed E-state index contributed by atoms with van der Waals surface area (Å²) in [7, 11) is 0. The van der Waals surface area contributed by atoms with E-state index >= 15 is 0 Å². The first-order valence-electron chi connectivity index (χ1n) is 17.5. The maximum absolute atomic E-state index is 14.4. The molecule has 308 valence electrons. The van der Waals surface area contributed by atoms with Crippen molar-refractivity contribution in [2.45, 2.75) is 133 Å². The summed E-state index contributed by atoms with van der Waals surface area (Å²) in [6.45, 7) is 8.36. The Morgan fingerprint density at radius 2 is 1.43 bits per heavy atom. The van der Waals surface area contributed by atoms with Crippen molar-refractivity contribution < 1.29 is 85.7 Å². The minimum Gasteiger partial charge on any atom is -0.463 e. The summed E-state index contributed by atoms with van der Waals surface area (Å²) in [6, 6.07) is 5.86. The minimum atomic E-state index is -2.58. The number of carbonyl (C=O) groups is 8. The molecule has 0 aromatic heterocycles. The van der Waals surface area contributed by atoms with Crippen molar-refractivity contribution in [1.29, 1.82) is 0 Å². The summed E-state index contributed by atoms with van der Waals surface area (Å²) in [4.78, 5) is 101. The maximum Gasteiger partial charge on any atom is 0.367 e. The van der Waals surface area contributed by atoms with Gasteiger partial charge in [0.15, 0.2) is 24.4 Å². The van der Waals surface area contributed by atoms with Crippen molar-refractivity contribution in [1.82, 2.24) is 5.32 Å². The Kier molecular flexibility index (Phi) is 14.8. The first kappa shape index (κ1) is 43.9. The molecular weight excluding hydrogens is 766 g/mol. The number of thioether (sulfide) groups is 1. The lowest BCUT2D eigenvalue weighted by Gasteiger charge is -2.55. The first-order valence-corrected chi connectivity index (χ1v) is 18.3. The zero-order chi connectivity index (χ0) is 41.5. The quantitative estimate of drug-likeness (QED) is 0.216. The van der Waals surface area contributed by atoms with Crippen molar-refractivity contribution in [2.75, 3.05) is 13.2 Å². The third-order valence-electron chi connectivity index (χ3n) is 8.50. The van der Waals surface area contributed by atoms with Crippen molar-refractivity contribution in [3.63, 3.8) is 0 Å². The number of fused-ring (bicyclic) bond motifs is 1. The number of hydrogen-bond donors (Lipinski definition) is 1. The van der Waals surface area contributed by atoms with Gasteiger partial charge in [0.25, 0.3) is 5.79 Å². The highest BCUT2D eigenvalue weighted by Gasteiger charge is 2.66. The standard InChI is InChI=1S/C36H45NO18S/c1-16-9-11-24(12-10-16)56-34-33-32(30(51-23(8)44)27(52-34)15-47-19(4)40)55-36(35(45)53-33)13-25(48-20(5)41)28(37-17(2)38)31(54-36)29(50-22(7)43)26(49-21(6)42)14-46-18(3)39/h9-12,25-34H,13-15H2,1-8H3,(H,37,38)/t25-,26+,27+,28+,29+,30-,31+,32-,33+,34-,36-/m0/s1. The fourth-order valence-electron chi connectivity index (χ4n) is 6.45. The Morgan fingerprint density at radius 1 is 0.804 bits per heavy atom. The smallest absolute Gasteiger partial charge is 0.367 e. The SMILES string of the molecule is CC(=O)N[C@H]1[C@H]([C@H](OC(C)=O)[C@@H](COC(C)=O)OC(C)=O)O[C@@]2(C[C@@H]1OC(C)=O)O[C@H]1[C@@H](OC(C)=O)[C@@H](COC(C)=O)O[C@@H](Sc3ccc(C)cc3)[C@@H]1OC2=O. The van der Waals surface area contributed by atoms with E-state index in [1.54, 1.807) is 12.1 Å². The molecule has 19 nitrogen and oxygen atoms in total. The number of ether oxygens (including phenoxy) is 10. The Hall–Kier alpha value is -4.79. The van der Waals surface area contributed by atoms with Gasteiger partial charge in [-0.2, -0.15) is 0 Å². The number of carbonyl (C=O) groups excluding carboxylic acids is 8. The topological polar surface area (TPSA) is 241 Å². The van der Waals surface area contributed by atoms with Gasteiger partial charge in [0.1, 0.15) is 43.1 Å². The number of aryl methyl sites for hydroxylation is 1. The summed E-state index contributed by atoms with van der Waals surface area (Å²) in [5.74, 6) is -9.47. The molecule has 20 heteroatoms. The van der Waals surface area contributed by atoms with E-state index in [-0.39, 0.29) is 0 Å². The van der Waals surface area contributed by atoms with Crippen LogP contribution in [-0.4, -0.2) is 127 Å². The van der Waals surface area contributed by atoms with Crippen molar-refractivity contribution in [3.05, 3.63) is 29.8 Å². The van der Waals surface area contributed by atoms with E-state index in [1.165, 1.54) is 6.92 Å². The van der Waals surface area contributed by atoms with Crippen LogP contribution in [0, 0.1) is 6.92 Å². The number of benzene rings is 1. The number of esters is 7. The van der Waals surface area contributed by atoms with Crippen molar-refractivity contribution >= 4 is 59.5 Å². The third kappa shape index (κ3) is 11.4. The van der Waals surface area contributed by atoms with Gasteiger partial charge in [-0.15, -0.1) is 0 Å². The number of amides is 1. The highest BCUT2D eigenvalue weighted by Crippen LogP contribution is 2.46. The fourth-order valence-corrected chi connectivity index (χ4v) is 7.55. The lowest BCUT2D eigenvalue weighted by Crippen LogP contribution is -2.74. The molecule has 3 fully saturated rings. The molecule has 11 atom stereocenters. The van der Waals surface area contributed by atoms with E-state index < -0.39 is 133 Å². The zero-order valence-electron chi connectivity index (χ0n) is 32.0. The van der Waals surface area contributed by atoms with Gasteiger partial charge in [-0.25, -0.2) is 4.79 Å².